The predicted octanol–water partition coefficient (Wildman–Crippen LogP) is 6.74. The summed E-state index contributed by atoms with van der Waals surface area (Å²) in [5, 5.41) is 15.2. The standard InChI is InChI=1S/C39H47FN4O7S/c1-26-23-44(27(2)25-45)38(46)34-22-31(42-52(48,49)32-18-15-30(40)16-19-32)17-20-36(34)51-28(3)10-7-8-21-50-37(26)24-43(4)39(47)41-35-14-9-12-29-11-5-6-13-33(29)35/h5-6,9,11-20,22,26-28,37,42,45H,7-8,10,21,23-25H2,1-4H3,(H,41,47)/t26-,27+,28+,37+/m0/s1. The molecule has 0 radical (unpaired) electrons. The van der Waals surface area contributed by atoms with Gasteiger partial charge in [0.2, 0.25) is 0 Å². The largest absolute Gasteiger partial charge is 0.490 e. The van der Waals surface area contributed by atoms with Gasteiger partial charge in [-0.3, -0.25) is 9.52 Å². The molecule has 0 fully saturated rings. The van der Waals surface area contributed by atoms with Crippen LogP contribution < -0.4 is 14.8 Å². The second-order valence-electron chi connectivity index (χ2n) is 13.4. The van der Waals surface area contributed by atoms with Crippen molar-refractivity contribution >= 4 is 44.1 Å². The molecule has 3 N–H and O–H groups in total. The van der Waals surface area contributed by atoms with Crippen molar-refractivity contribution in [2.75, 3.05) is 43.4 Å². The van der Waals surface area contributed by atoms with E-state index in [0.717, 1.165) is 47.9 Å². The minimum Gasteiger partial charge on any atom is -0.490 e. The molecule has 4 aromatic rings. The second kappa shape index (κ2) is 17.2. The Morgan fingerprint density at radius 1 is 1.04 bits per heavy atom. The number of amides is 3. The first-order chi connectivity index (χ1) is 24.9. The fraction of sp³-hybridized carbons (Fsp3) is 0.385. The number of halogens is 1. The Kier molecular flexibility index (Phi) is 12.7. The molecule has 52 heavy (non-hydrogen) atoms. The average molecular weight is 735 g/mol. The van der Waals surface area contributed by atoms with Crippen LogP contribution >= 0.6 is 0 Å². The van der Waals surface area contributed by atoms with Gasteiger partial charge in [0.15, 0.2) is 0 Å². The van der Waals surface area contributed by atoms with Crippen LogP contribution in [0.2, 0.25) is 0 Å². The number of likely N-dealkylation sites (N-methyl/N-ethyl adjacent to an activating group) is 1. The lowest BCUT2D eigenvalue weighted by molar-refractivity contribution is -0.0115. The van der Waals surface area contributed by atoms with Gasteiger partial charge in [0, 0.05) is 43.7 Å². The number of urea groups is 1. The van der Waals surface area contributed by atoms with Crippen LogP contribution in [0.4, 0.5) is 20.6 Å². The zero-order valence-electron chi connectivity index (χ0n) is 29.9. The molecule has 1 aliphatic rings. The summed E-state index contributed by atoms with van der Waals surface area (Å²) in [6.45, 7) is 6.05. The summed E-state index contributed by atoms with van der Waals surface area (Å²) < 4.78 is 54.9. The van der Waals surface area contributed by atoms with Crippen molar-refractivity contribution in [3.8, 4) is 5.75 Å². The maximum Gasteiger partial charge on any atom is 0.321 e. The van der Waals surface area contributed by atoms with Crippen molar-refractivity contribution in [1.82, 2.24) is 9.80 Å². The van der Waals surface area contributed by atoms with Crippen LogP contribution in [0.3, 0.4) is 0 Å². The van der Waals surface area contributed by atoms with Gasteiger partial charge in [-0.1, -0.05) is 43.3 Å². The number of carbonyl (C=O) groups is 2. The van der Waals surface area contributed by atoms with Gasteiger partial charge in [0.05, 0.1) is 41.0 Å². The van der Waals surface area contributed by atoms with Crippen molar-refractivity contribution in [2.45, 2.75) is 63.2 Å². The maximum absolute atomic E-state index is 14.4. The third-order valence-electron chi connectivity index (χ3n) is 9.26. The third kappa shape index (κ3) is 9.58. The highest BCUT2D eigenvalue weighted by molar-refractivity contribution is 7.92. The molecule has 0 saturated carbocycles. The van der Waals surface area contributed by atoms with Crippen molar-refractivity contribution in [3.05, 3.63) is 96.3 Å². The van der Waals surface area contributed by atoms with Crippen LogP contribution in [0.5, 0.6) is 5.75 Å². The van der Waals surface area contributed by atoms with E-state index in [9.17, 15) is 27.5 Å². The Hall–Kier alpha value is -4.72. The molecule has 1 aliphatic heterocycles. The van der Waals surface area contributed by atoms with Gasteiger partial charge in [-0.15, -0.1) is 0 Å². The number of rotatable bonds is 8. The Labute approximate surface area is 304 Å². The fourth-order valence-electron chi connectivity index (χ4n) is 6.17. The summed E-state index contributed by atoms with van der Waals surface area (Å²) in [6, 6.07) is 21.5. The number of carbonyl (C=O) groups excluding carboxylic acids is 2. The Bertz CT molecular complexity index is 1950. The summed E-state index contributed by atoms with van der Waals surface area (Å²) in [6.07, 6.45) is 1.45. The van der Waals surface area contributed by atoms with E-state index in [2.05, 4.69) is 10.0 Å². The van der Waals surface area contributed by atoms with Gasteiger partial charge in [-0.2, -0.15) is 0 Å². The number of hydrogen-bond donors (Lipinski definition) is 3. The van der Waals surface area contributed by atoms with Crippen molar-refractivity contribution < 1.29 is 37.0 Å². The number of hydrogen-bond acceptors (Lipinski definition) is 7. The molecule has 4 aromatic carbocycles. The highest BCUT2D eigenvalue weighted by atomic mass is 32.2. The fourth-order valence-corrected chi connectivity index (χ4v) is 7.22. The molecule has 0 aromatic heterocycles. The predicted molar refractivity (Wildman–Crippen MR) is 200 cm³/mol. The molecule has 0 aliphatic carbocycles. The zero-order chi connectivity index (χ0) is 37.4. The number of anilines is 2. The van der Waals surface area contributed by atoms with Crippen molar-refractivity contribution in [3.63, 3.8) is 0 Å². The summed E-state index contributed by atoms with van der Waals surface area (Å²) in [4.78, 5) is 30.8. The molecule has 4 atom stereocenters. The first-order valence-corrected chi connectivity index (χ1v) is 19.0. The first kappa shape index (κ1) is 38.5. The van der Waals surface area contributed by atoms with Crippen LogP contribution in [0.15, 0.2) is 89.8 Å². The van der Waals surface area contributed by atoms with E-state index >= 15 is 0 Å². The molecule has 3 amide bonds. The van der Waals surface area contributed by atoms with Crippen LogP contribution in [-0.2, 0) is 14.8 Å². The molecular weight excluding hydrogens is 688 g/mol. The SMILES string of the molecule is C[C@@H]1CCCCO[C@H](CN(C)C(=O)Nc2cccc3ccccc23)[C@@H](C)CN([C@H](C)CO)C(=O)c2cc(NS(=O)(=O)c3ccc(F)cc3)ccc2O1. The maximum atomic E-state index is 14.4. The molecule has 5 rings (SSSR count). The van der Waals surface area contributed by atoms with E-state index in [1.165, 1.54) is 17.0 Å². The number of nitrogens with one attached hydrogen (secondary N) is 2. The minimum atomic E-state index is -4.11. The summed E-state index contributed by atoms with van der Waals surface area (Å²) in [5.41, 5.74) is 0.913. The van der Waals surface area contributed by atoms with Gasteiger partial charge in [-0.25, -0.2) is 17.6 Å². The van der Waals surface area contributed by atoms with Gasteiger partial charge in [0.1, 0.15) is 11.6 Å². The molecule has 11 nitrogen and oxygen atoms in total. The summed E-state index contributed by atoms with van der Waals surface area (Å²) in [7, 11) is -2.41. The lowest BCUT2D eigenvalue weighted by Crippen LogP contribution is -2.48. The highest BCUT2D eigenvalue weighted by Gasteiger charge is 2.31. The average Bonchev–Trinajstić information content (AvgIpc) is 3.12. The molecule has 0 saturated heterocycles. The Balaban J connectivity index is 1.40. The number of sulfonamides is 1. The Morgan fingerprint density at radius 3 is 2.52 bits per heavy atom. The van der Waals surface area contributed by atoms with Gasteiger partial charge in [0.25, 0.3) is 15.9 Å². The van der Waals surface area contributed by atoms with Crippen LogP contribution in [-0.4, -0.2) is 86.9 Å². The minimum absolute atomic E-state index is 0.110. The quantitative estimate of drug-likeness (QED) is 0.182. The van der Waals surface area contributed by atoms with E-state index in [1.54, 1.807) is 24.9 Å². The van der Waals surface area contributed by atoms with Gasteiger partial charge in [-0.05, 0) is 87.0 Å². The topological polar surface area (TPSA) is 138 Å². The van der Waals surface area contributed by atoms with E-state index in [0.29, 0.717) is 18.7 Å². The van der Waals surface area contributed by atoms with Crippen LogP contribution in [0.1, 0.15) is 50.4 Å². The lowest BCUT2D eigenvalue weighted by Gasteiger charge is -2.35. The number of aliphatic hydroxyl groups is 1. The number of fused-ring (bicyclic) bond motifs is 2. The Morgan fingerprint density at radius 2 is 1.77 bits per heavy atom. The molecule has 0 bridgehead atoms. The van der Waals surface area contributed by atoms with Gasteiger partial charge < -0.3 is 29.7 Å². The molecule has 278 valence electrons. The van der Waals surface area contributed by atoms with E-state index in [-0.39, 0.29) is 59.6 Å². The summed E-state index contributed by atoms with van der Waals surface area (Å²) in [5.74, 6) is -1.06. The third-order valence-corrected chi connectivity index (χ3v) is 10.7. The number of benzene rings is 4. The first-order valence-electron chi connectivity index (χ1n) is 17.5. The molecule has 0 unspecified atom stereocenters. The highest BCUT2D eigenvalue weighted by Crippen LogP contribution is 2.30. The van der Waals surface area contributed by atoms with Crippen LogP contribution in [0, 0.1) is 11.7 Å². The lowest BCUT2D eigenvalue weighted by atomic mass is 10.0. The molecular formula is C39H47FN4O7S. The normalized spacial score (nSPS) is 19.5. The van der Waals surface area contributed by atoms with Crippen molar-refractivity contribution in [1.29, 1.82) is 0 Å². The molecule has 13 heteroatoms. The summed E-state index contributed by atoms with van der Waals surface area (Å²) >= 11 is 0. The smallest absolute Gasteiger partial charge is 0.321 e. The van der Waals surface area contributed by atoms with E-state index in [4.69, 9.17) is 9.47 Å². The van der Waals surface area contributed by atoms with Gasteiger partial charge >= 0.3 is 6.03 Å². The van der Waals surface area contributed by atoms with E-state index in [1.807, 2.05) is 56.3 Å². The van der Waals surface area contributed by atoms with E-state index < -0.39 is 33.9 Å². The molecule has 0 spiro atoms. The zero-order valence-corrected chi connectivity index (χ0v) is 30.7. The van der Waals surface area contributed by atoms with Crippen LogP contribution in [0.25, 0.3) is 10.8 Å². The number of nitrogens with zero attached hydrogens (tertiary/aromatic N) is 2. The number of aliphatic hydroxyl groups excluding tert-OH is 1. The molecule has 1 heterocycles. The monoisotopic (exact) mass is 734 g/mol. The number of ether oxygens (including phenoxy) is 2. The van der Waals surface area contributed by atoms with Crippen molar-refractivity contribution in [2.24, 2.45) is 5.92 Å². The second-order valence-corrected chi connectivity index (χ2v) is 15.1.